The van der Waals surface area contributed by atoms with Gasteiger partial charge in [0.2, 0.25) is 0 Å². The summed E-state index contributed by atoms with van der Waals surface area (Å²) in [6.07, 6.45) is 3.56. The van der Waals surface area contributed by atoms with E-state index in [9.17, 15) is 0 Å². The summed E-state index contributed by atoms with van der Waals surface area (Å²) >= 11 is 6.81. The van der Waals surface area contributed by atoms with Gasteiger partial charge in [-0.05, 0) is 41.9 Å². The topological polar surface area (TPSA) is 12.0 Å². The first-order valence-electron chi connectivity index (χ1n) is 7.86. The second-order valence-electron chi connectivity index (χ2n) is 6.30. The molecule has 0 aromatic heterocycles. The van der Waals surface area contributed by atoms with Crippen molar-refractivity contribution in [1.82, 2.24) is 5.32 Å². The number of alkyl halides is 1. The quantitative estimate of drug-likeness (QED) is 0.757. The van der Waals surface area contributed by atoms with Crippen molar-refractivity contribution in [2.45, 2.75) is 36.7 Å². The standard InChI is InChI=1S/C19H20ClN/c20-18-16-9-5-4-8-14(16)12-15-10-11-17(18)21-19(15)13-6-2-1-3-7-13/h1-9,15,17-19,21H,10-12H2/t15-,17+,18?,19+/m0/s1. The fourth-order valence-electron chi connectivity index (χ4n) is 3.98. The summed E-state index contributed by atoms with van der Waals surface area (Å²) in [7, 11) is 0. The molecular weight excluding hydrogens is 278 g/mol. The maximum atomic E-state index is 6.81. The number of hydrogen-bond acceptors (Lipinski definition) is 1. The van der Waals surface area contributed by atoms with Crippen LogP contribution in [0.5, 0.6) is 0 Å². The third-order valence-electron chi connectivity index (χ3n) is 5.06. The SMILES string of the molecule is ClC1c2ccccc2C[C@@H]2CC[C@H]1N[C@@H]2c1ccccc1. The molecular formula is C19H20ClN. The van der Waals surface area contributed by atoms with E-state index in [-0.39, 0.29) is 5.38 Å². The first-order chi connectivity index (χ1) is 10.3. The molecule has 1 nitrogen and oxygen atoms in total. The van der Waals surface area contributed by atoms with Gasteiger partial charge in [0.1, 0.15) is 0 Å². The zero-order valence-electron chi connectivity index (χ0n) is 12.0. The Hall–Kier alpha value is -1.31. The number of fused-ring (bicyclic) bond motifs is 2. The Labute approximate surface area is 131 Å². The third kappa shape index (κ3) is 2.39. The van der Waals surface area contributed by atoms with Gasteiger partial charge in [0.05, 0.1) is 5.38 Å². The van der Waals surface area contributed by atoms with Gasteiger partial charge in [0, 0.05) is 12.1 Å². The van der Waals surface area contributed by atoms with Gasteiger partial charge in [-0.1, -0.05) is 54.6 Å². The summed E-state index contributed by atoms with van der Waals surface area (Å²) in [6, 6.07) is 20.3. The highest BCUT2D eigenvalue weighted by Crippen LogP contribution is 2.43. The van der Waals surface area contributed by atoms with E-state index in [1.165, 1.54) is 29.5 Å². The third-order valence-corrected chi connectivity index (χ3v) is 5.60. The zero-order chi connectivity index (χ0) is 14.2. The minimum absolute atomic E-state index is 0.0775. The average Bonchev–Trinajstić information content (AvgIpc) is 2.54. The van der Waals surface area contributed by atoms with Gasteiger partial charge >= 0.3 is 0 Å². The molecule has 5 rings (SSSR count). The van der Waals surface area contributed by atoms with Crippen LogP contribution in [0.4, 0.5) is 0 Å². The van der Waals surface area contributed by atoms with Gasteiger partial charge in [-0.15, -0.1) is 11.6 Å². The molecule has 2 heterocycles. The van der Waals surface area contributed by atoms with Crippen LogP contribution in [0.2, 0.25) is 0 Å². The van der Waals surface area contributed by atoms with Crippen molar-refractivity contribution < 1.29 is 0 Å². The minimum Gasteiger partial charge on any atom is -0.305 e. The number of benzene rings is 2. The Balaban J connectivity index is 1.75. The van der Waals surface area contributed by atoms with Crippen molar-refractivity contribution in [2.75, 3.05) is 0 Å². The lowest BCUT2D eigenvalue weighted by Gasteiger charge is -2.43. The van der Waals surface area contributed by atoms with Crippen molar-refractivity contribution in [1.29, 1.82) is 0 Å². The largest absolute Gasteiger partial charge is 0.305 e. The fraction of sp³-hybridized carbons (Fsp3) is 0.368. The van der Waals surface area contributed by atoms with Gasteiger partial charge in [0.15, 0.2) is 0 Å². The Morgan fingerprint density at radius 3 is 2.52 bits per heavy atom. The first kappa shape index (κ1) is 13.4. The fourth-order valence-corrected chi connectivity index (χ4v) is 4.39. The molecule has 2 aliphatic heterocycles. The minimum atomic E-state index is 0.0775. The number of hydrogen-bond donors (Lipinski definition) is 1. The van der Waals surface area contributed by atoms with E-state index < -0.39 is 0 Å². The van der Waals surface area contributed by atoms with Crippen molar-refractivity contribution in [2.24, 2.45) is 5.92 Å². The highest BCUT2D eigenvalue weighted by Gasteiger charge is 2.37. The second-order valence-corrected chi connectivity index (χ2v) is 6.77. The van der Waals surface area contributed by atoms with Crippen molar-refractivity contribution in [3.63, 3.8) is 0 Å². The summed E-state index contributed by atoms with van der Waals surface area (Å²) < 4.78 is 0. The maximum Gasteiger partial charge on any atom is 0.0741 e. The summed E-state index contributed by atoms with van der Waals surface area (Å²) in [5.41, 5.74) is 4.16. The summed E-state index contributed by atoms with van der Waals surface area (Å²) in [6.45, 7) is 0. The van der Waals surface area contributed by atoms with Gasteiger partial charge < -0.3 is 5.32 Å². The molecule has 1 saturated heterocycles. The van der Waals surface area contributed by atoms with Gasteiger partial charge in [-0.3, -0.25) is 0 Å². The normalized spacial score (nSPS) is 31.3. The van der Waals surface area contributed by atoms with Crippen LogP contribution in [0.15, 0.2) is 54.6 Å². The highest BCUT2D eigenvalue weighted by atomic mass is 35.5. The highest BCUT2D eigenvalue weighted by molar-refractivity contribution is 6.21. The Kier molecular flexibility index (Phi) is 3.48. The molecule has 2 aromatic rings. The molecule has 1 aliphatic carbocycles. The predicted octanol–water partition coefficient (Wildman–Crippen LogP) is 4.63. The lowest BCUT2D eigenvalue weighted by molar-refractivity contribution is 0.217. The van der Waals surface area contributed by atoms with Gasteiger partial charge in [-0.25, -0.2) is 0 Å². The molecule has 4 atom stereocenters. The molecule has 1 N–H and O–H groups in total. The number of rotatable bonds is 1. The predicted molar refractivity (Wildman–Crippen MR) is 87.6 cm³/mol. The van der Waals surface area contributed by atoms with Crippen molar-refractivity contribution in [3.8, 4) is 0 Å². The summed E-state index contributed by atoms with van der Waals surface area (Å²) in [5.74, 6) is 0.661. The molecule has 1 fully saturated rings. The van der Waals surface area contributed by atoms with E-state index in [2.05, 4.69) is 59.9 Å². The lowest BCUT2D eigenvalue weighted by atomic mass is 9.75. The van der Waals surface area contributed by atoms with Crippen LogP contribution in [0.3, 0.4) is 0 Å². The van der Waals surface area contributed by atoms with E-state index in [1.807, 2.05) is 0 Å². The Morgan fingerprint density at radius 2 is 1.67 bits per heavy atom. The second kappa shape index (κ2) is 5.47. The maximum absolute atomic E-state index is 6.81. The number of halogens is 1. The van der Waals surface area contributed by atoms with Crippen LogP contribution >= 0.6 is 11.6 Å². The molecule has 3 aliphatic rings. The molecule has 21 heavy (non-hydrogen) atoms. The van der Waals surface area contributed by atoms with Crippen molar-refractivity contribution in [3.05, 3.63) is 71.3 Å². The first-order valence-corrected chi connectivity index (χ1v) is 8.29. The molecule has 0 saturated carbocycles. The van der Waals surface area contributed by atoms with Gasteiger partial charge in [-0.2, -0.15) is 0 Å². The average molecular weight is 298 g/mol. The Morgan fingerprint density at radius 1 is 0.905 bits per heavy atom. The van der Waals surface area contributed by atoms with E-state index in [4.69, 9.17) is 11.6 Å². The van der Waals surface area contributed by atoms with Crippen LogP contribution in [-0.4, -0.2) is 6.04 Å². The smallest absolute Gasteiger partial charge is 0.0741 e. The number of piperidine rings is 1. The van der Waals surface area contributed by atoms with Crippen molar-refractivity contribution >= 4 is 11.6 Å². The molecule has 2 heteroatoms. The molecule has 108 valence electrons. The molecule has 2 bridgehead atoms. The van der Waals surface area contributed by atoms with Gasteiger partial charge in [0.25, 0.3) is 0 Å². The van der Waals surface area contributed by atoms with E-state index >= 15 is 0 Å². The van der Waals surface area contributed by atoms with E-state index in [0.29, 0.717) is 18.0 Å². The molecule has 0 spiro atoms. The molecule has 2 aromatic carbocycles. The number of nitrogens with one attached hydrogen (secondary N) is 1. The van der Waals surface area contributed by atoms with Crippen LogP contribution in [-0.2, 0) is 6.42 Å². The van der Waals surface area contributed by atoms with Crippen LogP contribution in [0, 0.1) is 5.92 Å². The van der Waals surface area contributed by atoms with E-state index in [0.717, 1.165) is 6.42 Å². The summed E-state index contributed by atoms with van der Waals surface area (Å²) in [5, 5.41) is 3.91. The van der Waals surface area contributed by atoms with Crippen LogP contribution < -0.4 is 5.32 Å². The van der Waals surface area contributed by atoms with Crippen LogP contribution in [0.1, 0.15) is 41.0 Å². The molecule has 0 amide bonds. The summed E-state index contributed by atoms with van der Waals surface area (Å²) in [4.78, 5) is 0. The molecule has 1 unspecified atom stereocenters. The lowest BCUT2D eigenvalue weighted by Crippen LogP contribution is -2.46. The molecule has 0 radical (unpaired) electrons. The zero-order valence-corrected chi connectivity index (χ0v) is 12.8. The monoisotopic (exact) mass is 297 g/mol. The van der Waals surface area contributed by atoms with E-state index in [1.54, 1.807) is 0 Å². The van der Waals surface area contributed by atoms with Crippen LogP contribution in [0.25, 0.3) is 0 Å². The Bertz CT molecular complexity index is 624.